The van der Waals surface area contributed by atoms with Crippen molar-refractivity contribution < 1.29 is 9.90 Å². The van der Waals surface area contributed by atoms with Gasteiger partial charge in [-0.3, -0.25) is 9.69 Å². The van der Waals surface area contributed by atoms with Crippen LogP contribution in [0.25, 0.3) is 0 Å². The van der Waals surface area contributed by atoms with Gasteiger partial charge in [-0.15, -0.1) is 0 Å². The maximum Gasteiger partial charge on any atom is 0.317 e. The molecule has 4 nitrogen and oxygen atoms in total. The predicted molar refractivity (Wildman–Crippen MR) is 76.6 cm³/mol. The number of carbonyl (C=O) groups is 1. The van der Waals surface area contributed by atoms with E-state index in [9.17, 15) is 4.79 Å². The minimum atomic E-state index is -0.840. The molecule has 1 aromatic rings. The third-order valence-electron chi connectivity index (χ3n) is 2.55. The molecular formula is C14H17BrN2O2. The summed E-state index contributed by atoms with van der Waals surface area (Å²) in [5.41, 5.74) is 1.51. The average molecular weight is 325 g/mol. The summed E-state index contributed by atoms with van der Waals surface area (Å²) < 4.78 is 0.894. The number of rotatable bonds is 6. The Hall–Kier alpha value is -1.38. The fourth-order valence-corrected chi connectivity index (χ4v) is 2.27. The van der Waals surface area contributed by atoms with Crippen molar-refractivity contribution in [3.05, 3.63) is 33.8 Å². The third-order valence-corrected chi connectivity index (χ3v) is 3.32. The van der Waals surface area contributed by atoms with E-state index in [0.717, 1.165) is 10.0 Å². The number of hydrogen-bond donors (Lipinski definition) is 1. The van der Waals surface area contributed by atoms with Gasteiger partial charge in [-0.2, -0.15) is 5.26 Å². The fraction of sp³-hybridized carbons (Fsp3) is 0.429. The summed E-state index contributed by atoms with van der Waals surface area (Å²) in [6, 6.07) is 7.44. The number of aliphatic carboxylic acids is 1. The molecule has 0 atom stereocenters. The Kier molecular flexibility index (Phi) is 6.00. The second-order valence-electron chi connectivity index (χ2n) is 4.88. The number of halogens is 1. The van der Waals surface area contributed by atoms with E-state index in [0.29, 0.717) is 24.6 Å². The van der Waals surface area contributed by atoms with Crippen LogP contribution in [0.2, 0.25) is 0 Å². The van der Waals surface area contributed by atoms with Crippen LogP contribution in [0.15, 0.2) is 22.7 Å². The smallest absolute Gasteiger partial charge is 0.317 e. The molecule has 0 radical (unpaired) electrons. The van der Waals surface area contributed by atoms with Crippen molar-refractivity contribution in [2.24, 2.45) is 5.92 Å². The van der Waals surface area contributed by atoms with Crippen LogP contribution in [0, 0.1) is 17.2 Å². The van der Waals surface area contributed by atoms with Crippen molar-refractivity contribution in [1.82, 2.24) is 4.90 Å². The van der Waals surface area contributed by atoms with Gasteiger partial charge in [-0.1, -0.05) is 29.8 Å². The van der Waals surface area contributed by atoms with E-state index in [4.69, 9.17) is 10.4 Å². The van der Waals surface area contributed by atoms with Crippen LogP contribution >= 0.6 is 15.9 Å². The SMILES string of the molecule is CC(C)CN(CC(=O)O)Cc1cc(C#N)ccc1Br. The lowest BCUT2D eigenvalue weighted by Crippen LogP contribution is -2.32. The molecule has 0 aromatic heterocycles. The molecule has 0 unspecified atom stereocenters. The average Bonchev–Trinajstić information content (AvgIpc) is 2.30. The molecule has 0 aliphatic heterocycles. The van der Waals surface area contributed by atoms with Crippen LogP contribution < -0.4 is 0 Å². The van der Waals surface area contributed by atoms with Gasteiger partial charge in [-0.25, -0.2) is 0 Å². The van der Waals surface area contributed by atoms with E-state index in [1.54, 1.807) is 12.1 Å². The first-order valence-corrected chi connectivity index (χ1v) is 6.84. The minimum Gasteiger partial charge on any atom is -0.480 e. The highest BCUT2D eigenvalue weighted by Gasteiger charge is 2.13. The summed E-state index contributed by atoms with van der Waals surface area (Å²) in [5.74, 6) is -0.453. The van der Waals surface area contributed by atoms with E-state index < -0.39 is 5.97 Å². The van der Waals surface area contributed by atoms with Crippen molar-refractivity contribution >= 4 is 21.9 Å². The lowest BCUT2D eigenvalue weighted by atomic mass is 10.1. The molecule has 0 aliphatic rings. The van der Waals surface area contributed by atoms with Crippen molar-refractivity contribution in [3.8, 4) is 6.07 Å². The summed E-state index contributed by atoms with van der Waals surface area (Å²) in [6.45, 7) is 5.32. The molecule has 0 saturated carbocycles. The zero-order valence-corrected chi connectivity index (χ0v) is 12.6. The largest absolute Gasteiger partial charge is 0.480 e. The zero-order chi connectivity index (χ0) is 14.4. The highest BCUT2D eigenvalue weighted by molar-refractivity contribution is 9.10. The number of carboxylic acid groups (broad SMARTS) is 1. The van der Waals surface area contributed by atoms with Crippen LogP contribution in [0.1, 0.15) is 25.0 Å². The van der Waals surface area contributed by atoms with Crippen LogP contribution in [-0.2, 0) is 11.3 Å². The molecule has 0 aliphatic carbocycles. The third kappa shape index (κ3) is 5.41. The van der Waals surface area contributed by atoms with Crippen molar-refractivity contribution in [3.63, 3.8) is 0 Å². The van der Waals surface area contributed by atoms with Crippen LogP contribution in [0.4, 0.5) is 0 Å². The van der Waals surface area contributed by atoms with E-state index in [2.05, 4.69) is 35.8 Å². The van der Waals surface area contributed by atoms with Gasteiger partial charge in [0.05, 0.1) is 18.2 Å². The van der Waals surface area contributed by atoms with Gasteiger partial charge in [0.2, 0.25) is 0 Å². The monoisotopic (exact) mass is 324 g/mol. The number of nitrogens with zero attached hydrogens (tertiary/aromatic N) is 2. The first kappa shape index (κ1) is 15.7. The van der Waals surface area contributed by atoms with E-state index in [1.165, 1.54) is 0 Å². The predicted octanol–water partition coefficient (Wildman–Crippen LogP) is 2.86. The van der Waals surface area contributed by atoms with E-state index in [1.807, 2.05) is 11.0 Å². The Morgan fingerprint density at radius 3 is 2.74 bits per heavy atom. The Bertz CT molecular complexity index is 495. The van der Waals surface area contributed by atoms with E-state index in [-0.39, 0.29) is 6.54 Å². The number of benzene rings is 1. The maximum absolute atomic E-state index is 10.9. The molecule has 0 saturated heterocycles. The van der Waals surface area contributed by atoms with Crippen molar-refractivity contribution in [2.45, 2.75) is 20.4 Å². The first-order valence-electron chi connectivity index (χ1n) is 6.05. The molecular weight excluding hydrogens is 308 g/mol. The molecule has 0 heterocycles. The minimum absolute atomic E-state index is 0.00139. The first-order chi connectivity index (χ1) is 8.92. The summed E-state index contributed by atoms with van der Waals surface area (Å²) in [6.07, 6.45) is 0. The highest BCUT2D eigenvalue weighted by atomic mass is 79.9. The Labute approximate surface area is 121 Å². The van der Waals surface area contributed by atoms with Gasteiger partial charge >= 0.3 is 5.97 Å². The van der Waals surface area contributed by atoms with Crippen molar-refractivity contribution in [1.29, 1.82) is 5.26 Å². The lowest BCUT2D eigenvalue weighted by molar-refractivity contribution is -0.138. The Morgan fingerprint density at radius 2 is 2.21 bits per heavy atom. The molecule has 5 heteroatoms. The second kappa shape index (κ2) is 7.27. The molecule has 0 spiro atoms. The summed E-state index contributed by atoms with van der Waals surface area (Å²) >= 11 is 3.44. The van der Waals surface area contributed by atoms with Crippen LogP contribution in [-0.4, -0.2) is 29.1 Å². The summed E-state index contributed by atoms with van der Waals surface area (Å²) in [5, 5.41) is 17.8. The highest BCUT2D eigenvalue weighted by Crippen LogP contribution is 2.20. The van der Waals surface area contributed by atoms with Gasteiger partial charge in [0.25, 0.3) is 0 Å². The second-order valence-corrected chi connectivity index (χ2v) is 5.73. The fourth-order valence-electron chi connectivity index (χ4n) is 1.90. The number of hydrogen-bond acceptors (Lipinski definition) is 3. The summed E-state index contributed by atoms with van der Waals surface area (Å²) in [7, 11) is 0. The normalized spacial score (nSPS) is 10.7. The van der Waals surface area contributed by atoms with E-state index >= 15 is 0 Å². The van der Waals surface area contributed by atoms with Gasteiger partial charge < -0.3 is 5.11 Å². The van der Waals surface area contributed by atoms with Gasteiger partial charge in [0.1, 0.15) is 0 Å². The van der Waals surface area contributed by atoms with Gasteiger partial charge in [0, 0.05) is 17.6 Å². The molecule has 1 rings (SSSR count). The standard InChI is InChI=1S/C14H17BrN2O2/c1-10(2)7-17(9-14(18)19)8-12-5-11(6-16)3-4-13(12)15/h3-5,10H,7-9H2,1-2H3,(H,18,19). The number of carboxylic acids is 1. The number of nitriles is 1. The molecule has 102 valence electrons. The maximum atomic E-state index is 10.9. The molecule has 19 heavy (non-hydrogen) atoms. The lowest BCUT2D eigenvalue weighted by Gasteiger charge is -2.23. The molecule has 1 N–H and O–H groups in total. The molecule has 1 aromatic carbocycles. The quantitative estimate of drug-likeness (QED) is 0.873. The van der Waals surface area contributed by atoms with Crippen LogP contribution in [0.3, 0.4) is 0 Å². The van der Waals surface area contributed by atoms with Crippen molar-refractivity contribution in [2.75, 3.05) is 13.1 Å². The summed E-state index contributed by atoms with van der Waals surface area (Å²) in [4.78, 5) is 12.8. The Morgan fingerprint density at radius 1 is 1.53 bits per heavy atom. The van der Waals surface area contributed by atoms with Gasteiger partial charge in [-0.05, 0) is 29.7 Å². The zero-order valence-electron chi connectivity index (χ0n) is 11.1. The molecule has 0 bridgehead atoms. The van der Waals surface area contributed by atoms with Crippen LogP contribution in [0.5, 0.6) is 0 Å². The topological polar surface area (TPSA) is 64.3 Å². The molecule has 0 amide bonds. The molecule has 0 fully saturated rings. The van der Waals surface area contributed by atoms with Gasteiger partial charge in [0.15, 0.2) is 0 Å². The Balaban J connectivity index is 2.88.